The molecule has 1 rings (SSSR count). The zero-order valence-electron chi connectivity index (χ0n) is 11.0. The fourth-order valence-electron chi connectivity index (χ4n) is 1.91. The molecule has 0 unspecified atom stereocenters. The molecule has 18 heavy (non-hydrogen) atoms. The number of methoxy groups -OCH3 is 1. The monoisotopic (exact) mass is 261 g/mol. The minimum Gasteiger partial charge on any atom is -0.496 e. The molecule has 0 fully saturated rings. The molecule has 0 bridgehead atoms. The van der Waals surface area contributed by atoms with Crippen molar-refractivity contribution < 1.29 is 17.9 Å². The molecule has 102 valence electrons. The van der Waals surface area contributed by atoms with Crippen molar-refractivity contribution in [1.29, 1.82) is 0 Å². The highest BCUT2D eigenvalue weighted by molar-refractivity contribution is 5.48. The van der Waals surface area contributed by atoms with Gasteiger partial charge in [0.2, 0.25) is 0 Å². The Morgan fingerprint density at radius 2 is 1.78 bits per heavy atom. The number of hydrogen-bond acceptors (Lipinski definition) is 2. The molecule has 0 radical (unpaired) electrons. The Hall–Kier alpha value is -1.23. The molecule has 1 N–H and O–H groups in total. The van der Waals surface area contributed by atoms with Gasteiger partial charge in [-0.2, -0.15) is 13.2 Å². The van der Waals surface area contributed by atoms with Crippen molar-refractivity contribution in [2.24, 2.45) is 0 Å². The van der Waals surface area contributed by atoms with Crippen molar-refractivity contribution >= 4 is 0 Å². The number of benzene rings is 1. The topological polar surface area (TPSA) is 21.3 Å². The summed E-state index contributed by atoms with van der Waals surface area (Å²) >= 11 is 0. The van der Waals surface area contributed by atoms with Crippen LogP contribution in [-0.2, 0) is 6.54 Å². The van der Waals surface area contributed by atoms with Crippen LogP contribution >= 0.6 is 0 Å². The van der Waals surface area contributed by atoms with Crippen molar-refractivity contribution in [1.82, 2.24) is 5.32 Å². The van der Waals surface area contributed by atoms with Gasteiger partial charge in [0, 0.05) is 6.54 Å². The Balaban J connectivity index is 2.87. The van der Waals surface area contributed by atoms with Crippen LogP contribution in [0.25, 0.3) is 0 Å². The third kappa shape index (κ3) is 3.63. The fourth-order valence-corrected chi connectivity index (χ4v) is 1.91. The second-order valence-corrected chi connectivity index (χ2v) is 4.34. The zero-order valence-corrected chi connectivity index (χ0v) is 11.0. The van der Waals surface area contributed by atoms with Gasteiger partial charge in [-0.25, -0.2) is 0 Å². The number of alkyl halides is 3. The fraction of sp³-hybridized carbons (Fsp3) is 0.538. The average molecular weight is 261 g/mol. The minimum atomic E-state index is -4.18. The van der Waals surface area contributed by atoms with Crippen molar-refractivity contribution in [3.05, 3.63) is 28.3 Å². The Morgan fingerprint density at radius 1 is 1.17 bits per heavy atom. The second kappa shape index (κ2) is 5.61. The second-order valence-electron chi connectivity index (χ2n) is 4.34. The predicted octanol–water partition coefficient (Wildman–Crippen LogP) is 3.27. The highest BCUT2D eigenvalue weighted by atomic mass is 19.4. The van der Waals surface area contributed by atoms with Gasteiger partial charge in [0.15, 0.2) is 0 Å². The Bertz CT molecular complexity index is 427. The first-order valence-corrected chi connectivity index (χ1v) is 5.67. The number of aryl methyl sites for hydroxylation is 1. The number of ether oxygens (including phenoxy) is 1. The van der Waals surface area contributed by atoms with E-state index in [1.807, 2.05) is 26.8 Å². The third-order valence-electron chi connectivity index (χ3n) is 3.06. The lowest BCUT2D eigenvalue weighted by molar-refractivity contribution is -0.125. The Labute approximate surface area is 105 Å². The van der Waals surface area contributed by atoms with E-state index in [1.165, 1.54) is 0 Å². The van der Waals surface area contributed by atoms with E-state index in [4.69, 9.17) is 4.74 Å². The van der Waals surface area contributed by atoms with Crippen molar-refractivity contribution in [2.75, 3.05) is 13.7 Å². The molecule has 0 aliphatic heterocycles. The first kappa shape index (κ1) is 14.8. The van der Waals surface area contributed by atoms with Crippen LogP contribution in [0.5, 0.6) is 5.75 Å². The summed E-state index contributed by atoms with van der Waals surface area (Å²) in [6.07, 6.45) is -4.18. The lowest BCUT2D eigenvalue weighted by Gasteiger charge is -2.17. The van der Waals surface area contributed by atoms with Crippen molar-refractivity contribution in [2.45, 2.75) is 33.5 Å². The van der Waals surface area contributed by atoms with E-state index in [9.17, 15) is 13.2 Å². The number of nitrogens with one attached hydrogen (secondary N) is 1. The zero-order chi connectivity index (χ0) is 13.9. The SMILES string of the molecule is COc1cc(C)c(CNCC(F)(F)F)c(C)c1C. The molecule has 2 nitrogen and oxygen atoms in total. The van der Waals surface area contributed by atoms with E-state index in [0.717, 1.165) is 28.0 Å². The summed E-state index contributed by atoms with van der Waals surface area (Å²) in [7, 11) is 1.59. The van der Waals surface area contributed by atoms with Crippen molar-refractivity contribution in [3.8, 4) is 5.75 Å². The highest BCUT2D eigenvalue weighted by Crippen LogP contribution is 2.27. The molecular formula is C13H18F3NO. The summed E-state index contributed by atoms with van der Waals surface area (Å²) in [5.74, 6) is 0.768. The van der Waals surface area contributed by atoms with E-state index in [2.05, 4.69) is 5.32 Å². The molecule has 0 saturated carbocycles. The number of rotatable bonds is 4. The van der Waals surface area contributed by atoms with Crippen LogP contribution in [0, 0.1) is 20.8 Å². The van der Waals surface area contributed by atoms with Gasteiger partial charge in [-0.15, -0.1) is 0 Å². The summed E-state index contributed by atoms with van der Waals surface area (Å²) in [6, 6.07) is 1.85. The number of halogens is 3. The first-order chi connectivity index (χ1) is 8.26. The molecule has 1 aromatic rings. The third-order valence-corrected chi connectivity index (χ3v) is 3.06. The molecule has 0 aromatic heterocycles. The lowest BCUT2D eigenvalue weighted by atomic mass is 9.97. The summed E-state index contributed by atoms with van der Waals surface area (Å²) < 4.78 is 41.4. The van der Waals surface area contributed by atoms with Crippen LogP contribution in [0.3, 0.4) is 0 Å². The normalized spacial score (nSPS) is 11.7. The molecule has 0 atom stereocenters. The summed E-state index contributed by atoms with van der Waals surface area (Å²) in [5, 5.41) is 2.42. The minimum absolute atomic E-state index is 0.210. The standard InChI is InChI=1S/C13H18F3NO/c1-8-5-12(18-4)10(3)9(2)11(8)6-17-7-13(14,15)16/h5,17H,6-7H2,1-4H3. The van der Waals surface area contributed by atoms with E-state index >= 15 is 0 Å². The first-order valence-electron chi connectivity index (χ1n) is 5.67. The van der Waals surface area contributed by atoms with Crippen LogP contribution in [0.2, 0.25) is 0 Å². The van der Waals surface area contributed by atoms with Gasteiger partial charge in [0.1, 0.15) is 5.75 Å². The molecule has 0 aliphatic rings. The number of hydrogen-bond donors (Lipinski definition) is 1. The van der Waals surface area contributed by atoms with Crippen LogP contribution in [0.4, 0.5) is 13.2 Å². The van der Waals surface area contributed by atoms with E-state index in [-0.39, 0.29) is 6.54 Å². The summed E-state index contributed by atoms with van der Waals surface area (Å²) in [4.78, 5) is 0. The quantitative estimate of drug-likeness (QED) is 0.898. The molecule has 1 aromatic carbocycles. The van der Waals surface area contributed by atoms with Gasteiger partial charge in [-0.3, -0.25) is 0 Å². The smallest absolute Gasteiger partial charge is 0.401 e. The van der Waals surface area contributed by atoms with E-state index < -0.39 is 12.7 Å². The Kier molecular flexibility index (Phi) is 4.62. The van der Waals surface area contributed by atoms with Gasteiger partial charge in [0.05, 0.1) is 13.7 Å². The molecule has 0 aliphatic carbocycles. The van der Waals surface area contributed by atoms with Crippen molar-refractivity contribution in [3.63, 3.8) is 0 Å². The summed E-state index contributed by atoms with van der Waals surface area (Å²) in [5.41, 5.74) is 3.77. The molecule has 0 heterocycles. The summed E-state index contributed by atoms with van der Waals surface area (Å²) in [6.45, 7) is 4.91. The largest absolute Gasteiger partial charge is 0.496 e. The van der Waals surface area contributed by atoms with Crippen LogP contribution in [-0.4, -0.2) is 19.8 Å². The van der Waals surface area contributed by atoms with Gasteiger partial charge in [-0.05, 0) is 49.1 Å². The molecular weight excluding hydrogens is 243 g/mol. The molecule has 0 spiro atoms. The average Bonchev–Trinajstić information content (AvgIpc) is 2.26. The highest BCUT2D eigenvalue weighted by Gasteiger charge is 2.26. The Morgan fingerprint density at radius 3 is 2.28 bits per heavy atom. The maximum atomic E-state index is 12.1. The molecule has 0 amide bonds. The van der Waals surface area contributed by atoms with Crippen LogP contribution in [0.15, 0.2) is 6.07 Å². The van der Waals surface area contributed by atoms with Gasteiger partial charge in [0.25, 0.3) is 0 Å². The molecule has 5 heteroatoms. The van der Waals surface area contributed by atoms with Crippen LogP contribution < -0.4 is 10.1 Å². The van der Waals surface area contributed by atoms with Gasteiger partial charge in [-0.1, -0.05) is 0 Å². The van der Waals surface area contributed by atoms with Crippen LogP contribution in [0.1, 0.15) is 22.3 Å². The lowest BCUT2D eigenvalue weighted by Crippen LogP contribution is -2.28. The van der Waals surface area contributed by atoms with E-state index in [0.29, 0.717) is 0 Å². The maximum Gasteiger partial charge on any atom is 0.401 e. The van der Waals surface area contributed by atoms with E-state index in [1.54, 1.807) is 7.11 Å². The predicted molar refractivity (Wildman–Crippen MR) is 65.0 cm³/mol. The van der Waals surface area contributed by atoms with Gasteiger partial charge < -0.3 is 10.1 Å². The molecule has 0 saturated heterocycles. The van der Waals surface area contributed by atoms with Gasteiger partial charge >= 0.3 is 6.18 Å². The maximum absolute atomic E-state index is 12.1.